The van der Waals surface area contributed by atoms with Crippen molar-refractivity contribution in [1.29, 1.82) is 0 Å². The van der Waals surface area contributed by atoms with E-state index in [1.807, 2.05) is 4.90 Å². The van der Waals surface area contributed by atoms with Crippen molar-refractivity contribution in [3.63, 3.8) is 0 Å². The van der Waals surface area contributed by atoms with Gasteiger partial charge in [0, 0.05) is 13.1 Å². The van der Waals surface area contributed by atoms with Crippen molar-refractivity contribution in [1.82, 2.24) is 19.4 Å². The molecule has 3 rings (SSSR count). The van der Waals surface area contributed by atoms with Crippen molar-refractivity contribution in [2.45, 2.75) is 39.0 Å². The first-order valence-corrected chi connectivity index (χ1v) is 8.58. The second-order valence-corrected chi connectivity index (χ2v) is 7.68. The summed E-state index contributed by atoms with van der Waals surface area (Å²) in [5.41, 5.74) is 1.22. The molecule has 1 amide bonds. The van der Waals surface area contributed by atoms with Gasteiger partial charge < -0.3 is 9.80 Å². The molecule has 2 saturated heterocycles. The smallest absolute Gasteiger partial charge is 0.267 e. The highest BCUT2D eigenvalue weighted by Crippen LogP contribution is 2.40. The lowest BCUT2D eigenvalue weighted by molar-refractivity contribution is 0.0739. The summed E-state index contributed by atoms with van der Waals surface area (Å²) in [6.07, 6.45) is 3.58. The second kappa shape index (κ2) is 5.65. The quantitative estimate of drug-likeness (QED) is 0.840. The van der Waals surface area contributed by atoms with Crippen LogP contribution in [0, 0.1) is 5.41 Å². The van der Waals surface area contributed by atoms with Crippen LogP contribution in [0.1, 0.15) is 54.4 Å². The van der Waals surface area contributed by atoms with Crippen LogP contribution in [0.5, 0.6) is 0 Å². The van der Waals surface area contributed by atoms with Crippen LogP contribution in [0.25, 0.3) is 0 Å². The molecule has 0 saturated carbocycles. The Morgan fingerprint density at radius 2 is 1.90 bits per heavy atom. The maximum atomic E-state index is 12.8. The number of piperidine rings is 1. The van der Waals surface area contributed by atoms with Crippen LogP contribution in [-0.4, -0.2) is 58.5 Å². The number of hydrogen-bond acceptors (Lipinski definition) is 5. The van der Waals surface area contributed by atoms with Crippen molar-refractivity contribution < 1.29 is 4.79 Å². The van der Waals surface area contributed by atoms with Crippen molar-refractivity contribution in [2.24, 2.45) is 5.41 Å². The van der Waals surface area contributed by atoms with Gasteiger partial charge in [-0.3, -0.25) is 4.79 Å². The Labute approximate surface area is 130 Å². The van der Waals surface area contributed by atoms with Gasteiger partial charge in [0.05, 0.1) is 5.69 Å². The standard InChI is InChI=1S/C15H24N4OS/c1-11(2)12-13(21-17-16-12)14(20)19-9-6-15(10-19)4-7-18(3)8-5-15/h11H,4-10H2,1-3H3. The molecule has 21 heavy (non-hydrogen) atoms. The number of hydrogen-bond donors (Lipinski definition) is 0. The number of rotatable bonds is 2. The van der Waals surface area contributed by atoms with Gasteiger partial charge in [-0.05, 0) is 62.3 Å². The number of nitrogens with zero attached hydrogens (tertiary/aromatic N) is 4. The normalized spacial score (nSPS) is 22.4. The van der Waals surface area contributed by atoms with Gasteiger partial charge >= 0.3 is 0 Å². The molecule has 0 aliphatic carbocycles. The van der Waals surface area contributed by atoms with Gasteiger partial charge in [0.25, 0.3) is 5.91 Å². The SMILES string of the molecule is CC(C)c1nnsc1C(=O)N1CCC2(CCN(C)CC2)C1. The zero-order chi connectivity index (χ0) is 15.0. The number of aromatic nitrogens is 2. The lowest BCUT2D eigenvalue weighted by Crippen LogP contribution is -2.40. The van der Waals surface area contributed by atoms with Crippen LogP contribution in [0.15, 0.2) is 0 Å². The van der Waals surface area contributed by atoms with Crippen LogP contribution in [0.4, 0.5) is 0 Å². The molecule has 0 aromatic carbocycles. The average Bonchev–Trinajstić information content (AvgIpc) is 3.09. The molecule has 1 spiro atoms. The predicted octanol–water partition coefficient (Wildman–Crippen LogP) is 2.22. The van der Waals surface area contributed by atoms with Crippen molar-refractivity contribution in [2.75, 3.05) is 33.2 Å². The van der Waals surface area contributed by atoms with Gasteiger partial charge in [0.2, 0.25) is 0 Å². The summed E-state index contributed by atoms with van der Waals surface area (Å²) in [4.78, 5) is 17.9. The molecule has 5 nitrogen and oxygen atoms in total. The summed E-state index contributed by atoms with van der Waals surface area (Å²) in [7, 11) is 2.18. The first-order valence-electron chi connectivity index (χ1n) is 7.81. The minimum absolute atomic E-state index is 0.143. The average molecular weight is 308 g/mol. The van der Waals surface area contributed by atoms with E-state index in [-0.39, 0.29) is 11.8 Å². The Kier molecular flexibility index (Phi) is 4.01. The van der Waals surface area contributed by atoms with Gasteiger partial charge in [-0.2, -0.15) is 0 Å². The molecular formula is C15H24N4OS. The highest BCUT2D eigenvalue weighted by atomic mass is 32.1. The Morgan fingerprint density at radius 3 is 2.57 bits per heavy atom. The lowest BCUT2D eigenvalue weighted by atomic mass is 9.78. The van der Waals surface area contributed by atoms with E-state index in [4.69, 9.17) is 0 Å². The van der Waals surface area contributed by atoms with Crippen molar-refractivity contribution >= 4 is 17.4 Å². The third-order valence-electron chi connectivity index (χ3n) is 5.03. The Balaban J connectivity index is 1.71. The summed E-state index contributed by atoms with van der Waals surface area (Å²) in [6, 6.07) is 0. The molecule has 1 aromatic heterocycles. The van der Waals surface area contributed by atoms with Gasteiger partial charge in [0.15, 0.2) is 0 Å². The zero-order valence-corrected chi connectivity index (χ0v) is 13.9. The lowest BCUT2D eigenvalue weighted by Gasteiger charge is -2.37. The van der Waals surface area contributed by atoms with Gasteiger partial charge in [-0.15, -0.1) is 5.10 Å². The fourth-order valence-corrected chi connectivity index (χ4v) is 4.26. The summed E-state index contributed by atoms with van der Waals surface area (Å²) in [6.45, 7) is 8.24. The Bertz CT molecular complexity index is 519. The topological polar surface area (TPSA) is 49.3 Å². The fourth-order valence-electron chi connectivity index (χ4n) is 3.48. The Morgan fingerprint density at radius 1 is 1.24 bits per heavy atom. The summed E-state index contributed by atoms with van der Waals surface area (Å²) < 4.78 is 3.99. The number of carbonyl (C=O) groups excluding carboxylic acids is 1. The molecule has 0 bridgehead atoms. The monoisotopic (exact) mass is 308 g/mol. The molecule has 1 aromatic rings. The number of likely N-dealkylation sites (tertiary alicyclic amines) is 2. The first-order chi connectivity index (χ1) is 10.0. The Hall–Kier alpha value is -1.01. The van der Waals surface area contributed by atoms with E-state index in [9.17, 15) is 4.79 Å². The first kappa shape index (κ1) is 14.9. The molecule has 2 fully saturated rings. The predicted molar refractivity (Wildman–Crippen MR) is 83.7 cm³/mol. The molecule has 0 radical (unpaired) electrons. The van der Waals surface area contributed by atoms with Gasteiger partial charge in [-0.25, -0.2) is 0 Å². The van der Waals surface area contributed by atoms with E-state index in [0.717, 1.165) is 43.2 Å². The fraction of sp³-hybridized carbons (Fsp3) is 0.800. The number of amides is 1. The zero-order valence-electron chi connectivity index (χ0n) is 13.1. The molecule has 2 aliphatic heterocycles. The van der Waals surface area contributed by atoms with Crippen molar-refractivity contribution in [3.8, 4) is 0 Å². The van der Waals surface area contributed by atoms with E-state index in [1.165, 1.54) is 24.4 Å². The van der Waals surface area contributed by atoms with E-state index in [0.29, 0.717) is 5.41 Å². The summed E-state index contributed by atoms with van der Waals surface area (Å²) >= 11 is 1.25. The molecule has 0 unspecified atom stereocenters. The van der Waals surface area contributed by atoms with Crippen LogP contribution in [-0.2, 0) is 0 Å². The van der Waals surface area contributed by atoms with E-state index in [2.05, 4.69) is 35.4 Å². The molecule has 2 aliphatic rings. The molecule has 6 heteroatoms. The molecule has 0 atom stereocenters. The molecule has 3 heterocycles. The maximum Gasteiger partial charge on any atom is 0.267 e. The van der Waals surface area contributed by atoms with E-state index < -0.39 is 0 Å². The van der Waals surface area contributed by atoms with Crippen LogP contribution in [0.2, 0.25) is 0 Å². The van der Waals surface area contributed by atoms with Crippen LogP contribution in [0.3, 0.4) is 0 Å². The third-order valence-corrected chi connectivity index (χ3v) is 5.76. The highest BCUT2D eigenvalue weighted by Gasteiger charge is 2.42. The molecule has 0 N–H and O–H groups in total. The van der Waals surface area contributed by atoms with Gasteiger partial charge in [-0.1, -0.05) is 18.3 Å². The summed E-state index contributed by atoms with van der Waals surface area (Å²) in [5, 5.41) is 4.14. The summed E-state index contributed by atoms with van der Waals surface area (Å²) in [5.74, 6) is 0.395. The van der Waals surface area contributed by atoms with Crippen LogP contribution >= 0.6 is 11.5 Å². The largest absolute Gasteiger partial charge is 0.337 e. The second-order valence-electron chi connectivity index (χ2n) is 6.92. The van der Waals surface area contributed by atoms with E-state index in [1.54, 1.807) is 0 Å². The van der Waals surface area contributed by atoms with E-state index >= 15 is 0 Å². The van der Waals surface area contributed by atoms with Gasteiger partial charge in [0.1, 0.15) is 4.88 Å². The highest BCUT2D eigenvalue weighted by molar-refractivity contribution is 7.08. The van der Waals surface area contributed by atoms with Crippen LogP contribution < -0.4 is 0 Å². The molecule has 116 valence electrons. The third kappa shape index (κ3) is 2.83. The van der Waals surface area contributed by atoms with Crippen molar-refractivity contribution in [3.05, 3.63) is 10.6 Å². The number of carbonyl (C=O) groups is 1. The molecular weight excluding hydrogens is 284 g/mol. The minimum Gasteiger partial charge on any atom is -0.337 e. The minimum atomic E-state index is 0.143. The maximum absolute atomic E-state index is 12.8.